The number of phenols is 1. The van der Waals surface area contributed by atoms with Crippen LogP contribution >= 0.6 is 0 Å². The van der Waals surface area contributed by atoms with Crippen LogP contribution < -0.4 is 4.74 Å². The van der Waals surface area contributed by atoms with E-state index < -0.39 is 5.91 Å². The van der Waals surface area contributed by atoms with E-state index in [0.717, 1.165) is 10.8 Å². The minimum absolute atomic E-state index is 0.0364. The van der Waals surface area contributed by atoms with Gasteiger partial charge in [-0.1, -0.05) is 24.3 Å². The molecule has 3 N–H and O–H groups in total. The van der Waals surface area contributed by atoms with Gasteiger partial charge in [0.05, 0.1) is 18.2 Å². The number of ether oxygens (including phenoxy) is 1. The van der Waals surface area contributed by atoms with Crippen LogP contribution in [0.5, 0.6) is 17.4 Å². The lowest BCUT2D eigenvalue weighted by Crippen LogP contribution is -1.94. The van der Waals surface area contributed by atoms with Gasteiger partial charge in [0.15, 0.2) is 5.69 Å². The maximum absolute atomic E-state index is 12.4. The molecule has 27 heavy (non-hydrogen) atoms. The van der Waals surface area contributed by atoms with E-state index in [9.17, 15) is 15.0 Å². The van der Waals surface area contributed by atoms with Crippen LogP contribution in [0.15, 0.2) is 64.8 Å². The van der Waals surface area contributed by atoms with Crippen molar-refractivity contribution >= 4 is 33.3 Å². The zero-order valence-electron chi connectivity index (χ0n) is 14.3. The van der Waals surface area contributed by atoms with E-state index in [2.05, 4.69) is 15.2 Å². The van der Waals surface area contributed by atoms with E-state index in [0.29, 0.717) is 16.7 Å². The molecule has 0 saturated heterocycles. The predicted octanol–water partition coefficient (Wildman–Crippen LogP) is 4.67. The van der Waals surface area contributed by atoms with Crippen molar-refractivity contribution in [3.63, 3.8) is 0 Å². The molecule has 0 atom stereocenters. The minimum Gasteiger partial charge on any atom is -0.507 e. The normalized spacial score (nSPS) is 11.4. The molecule has 4 rings (SSSR count). The average molecular weight is 361 g/mol. The second-order valence-electron chi connectivity index (χ2n) is 5.96. The minimum atomic E-state index is -0.713. The van der Waals surface area contributed by atoms with E-state index in [-0.39, 0.29) is 22.9 Å². The van der Waals surface area contributed by atoms with Gasteiger partial charge in [-0.15, -0.1) is 10.2 Å². The van der Waals surface area contributed by atoms with Crippen LogP contribution in [0.2, 0.25) is 0 Å². The van der Waals surface area contributed by atoms with Crippen molar-refractivity contribution in [1.29, 1.82) is 0 Å². The Balaban J connectivity index is 1.73. The number of fused-ring (bicyclic) bond motifs is 2. The van der Waals surface area contributed by atoms with E-state index in [1.807, 2.05) is 24.3 Å². The molecule has 0 aliphatic carbocycles. The van der Waals surface area contributed by atoms with Crippen molar-refractivity contribution in [2.45, 2.75) is 0 Å². The highest BCUT2D eigenvalue weighted by Gasteiger charge is 2.15. The van der Waals surface area contributed by atoms with Gasteiger partial charge in [0, 0.05) is 5.39 Å². The molecule has 0 radical (unpaired) electrons. The number of aromatic hydroxyl groups is 2. The summed E-state index contributed by atoms with van der Waals surface area (Å²) in [4.78, 5) is 15.2. The van der Waals surface area contributed by atoms with E-state index >= 15 is 0 Å². The largest absolute Gasteiger partial charge is 0.507 e. The molecular weight excluding hydrogens is 346 g/mol. The number of carbonyl (C=O) groups is 1. The molecule has 0 fully saturated rings. The number of methoxy groups -OCH3 is 1. The quantitative estimate of drug-likeness (QED) is 0.461. The Morgan fingerprint density at radius 2 is 1.78 bits per heavy atom. The third kappa shape index (κ3) is 2.95. The summed E-state index contributed by atoms with van der Waals surface area (Å²) in [6, 6.07) is 15.6. The highest BCUT2D eigenvalue weighted by Crippen LogP contribution is 2.37. The Morgan fingerprint density at radius 3 is 2.52 bits per heavy atom. The highest BCUT2D eigenvalue weighted by atomic mass is 16.5. The molecule has 3 aromatic carbocycles. The summed E-state index contributed by atoms with van der Waals surface area (Å²) in [6.45, 7) is 0. The number of amides is 1. The lowest BCUT2D eigenvalue weighted by Gasteiger charge is -2.03. The molecule has 0 saturated carbocycles. The van der Waals surface area contributed by atoms with Gasteiger partial charge in [-0.3, -0.25) is 4.79 Å². The summed E-state index contributed by atoms with van der Waals surface area (Å²) in [5.74, 6) is -0.522. The first kappa shape index (κ1) is 16.6. The Kier molecular flexibility index (Phi) is 3.97. The predicted molar refractivity (Wildman–Crippen MR) is 101 cm³/mol. The van der Waals surface area contributed by atoms with Gasteiger partial charge < -0.3 is 19.9 Å². The smallest absolute Gasteiger partial charge is 0.299 e. The summed E-state index contributed by atoms with van der Waals surface area (Å²) < 4.78 is 5.17. The number of hydrogen-bond donors (Lipinski definition) is 3. The maximum Gasteiger partial charge on any atom is 0.299 e. The van der Waals surface area contributed by atoms with Crippen molar-refractivity contribution in [3.05, 3.63) is 60.2 Å². The molecule has 0 aliphatic rings. The van der Waals surface area contributed by atoms with Gasteiger partial charge in [-0.25, -0.2) is 0 Å². The fourth-order valence-electron chi connectivity index (χ4n) is 2.92. The van der Waals surface area contributed by atoms with E-state index in [1.54, 1.807) is 24.3 Å². The number of azo groups is 1. The summed E-state index contributed by atoms with van der Waals surface area (Å²) in [5.41, 5.74) is 0.787. The molecule has 0 bridgehead atoms. The molecular formula is C20H15N3O4. The Morgan fingerprint density at radius 1 is 1.04 bits per heavy atom. The van der Waals surface area contributed by atoms with E-state index in [4.69, 9.17) is 4.74 Å². The Hall–Kier alpha value is -3.87. The second kappa shape index (κ2) is 6.45. The Bertz CT molecular complexity index is 1210. The fraction of sp³-hybridized carbons (Fsp3) is 0.0500. The van der Waals surface area contributed by atoms with Crippen molar-refractivity contribution < 1.29 is 19.7 Å². The highest BCUT2D eigenvalue weighted by molar-refractivity contribution is 6.02. The third-order valence-electron chi connectivity index (χ3n) is 4.29. The van der Waals surface area contributed by atoms with Crippen molar-refractivity contribution in [3.8, 4) is 17.4 Å². The van der Waals surface area contributed by atoms with Gasteiger partial charge in [0.2, 0.25) is 5.88 Å². The zero-order valence-corrected chi connectivity index (χ0v) is 14.3. The van der Waals surface area contributed by atoms with Crippen LogP contribution in [0.4, 0.5) is 5.69 Å². The summed E-state index contributed by atoms with van der Waals surface area (Å²) in [7, 11) is 1.53. The number of hydrogen-bond acceptors (Lipinski definition) is 5. The monoisotopic (exact) mass is 361 g/mol. The zero-order chi connectivity index (χ0) is 19.0. The van der Waals surface area contributed by atoms with Crippen LogP contribution in [0.3, 0.4) is 0 Å². The van der Waals surface area contributed by atoms with Crippen LogP contribution in [-0.4, -0.2) is 28.2 Å². The first-order chi connectivity index (χ1) is 13.1. The summed E-state index contributed by atoms with van der Waals surface area (Å²) >= 11 is 0. The molecule has 0 unspecified atom stereocenters. The molecule has 7 heteroatoms. The molecule has 0 spiro atoms. The lowest BCUT2D eigenvalue weighted by atomic mass is 10.1. The number of nitrogens with zero attached hydrogens (tertiary/aromatic N) is 2. The third-order valence-corrected chi connectivity index (χ3v) is 4.29. The van der Waals surface area contributed by atoms with Gasteiger partial charge >= 0.3 is 0 Å². The first-order valence-electron chi connectivity index (χ1n) is 8.13. The number of carbonyl (C=O) groups excluding carboxylic acids is 1. The molecule has 1 heterocycles. The number of nitrogens with one attached hydrogen (secondary N) is 1. The van der Waals surface area contributed by atoms with Crippen molar-refractivity contribution in [2.24, 2.45) is 10.2 Å². The molecule has 4 aromatic rings. The van der Waals surface area contributed by atoms with Gasteiger partial charge in [-0.05, 0) is 41.1 Å². The topological polar surface area (TPSA) is 107 Å². The number of benzene rings is 3. The number of H-pyrrole nitrogens is 1. The van der Waals surface area contributed by atoms with Gasteiger partial charge in [0.1, 0.15) is 11.5 Å². The number of rotatable bonds is 3. The second-order valence-corrected chi connectivity index (χ2v) is 5.96. The number of aromatic amines is 1. The molecule has 0 aliphatic heterocycles. The molecule has 134 valence electrons. The summed E-state index contributed by atoms with van der Waals surface area (Å²) in [5, 5.41) is 29.9. The van der Waals surface area contributed by atoms with Crippen molar-refractivity contribution in [2.75, 3.05) is 7.11 Å². The lowest BCUT2D eigenvalue weighted by molar-refractivity contribution is 0.0992. The Labute approximate surface area is 153 Å². The average Bonchev–Trinajstić information content (AvgIpc) is 2.99. The van der Waals surface area contributed by atoms with E-state index in [1.165, 1.54) is 13.2 Å². The van der Waals surface area contributed by atoms with Crippen LogP contribution in [0, 0.1) is 0 Å². The van der Waals surface area contributed by atoms with Gasteiger partial charge in [-0.2, -0.15) is 0 Å². The van der Waals surface area contributed by atoms with Crippen LogP contribution in [0.1, 0.15) is 10.4 Å². The molecule has 1 amide bonds. The van der Waals surface area contributed by atoms with Crippen molar-refractivity contribution in [1.82, 2.24) is 4.98 Å². The van der Waals surface area contributed by atoms with Gasteiger partial charge in [0.25, 0.3) is 5.91 Å². The maximum atomic E-state index is 12.4. The first-order valence-corrected chi connectivity index (χ1v) is 8.13. The van der Waals surface area contributed by atoms with Crippen LogP contribution in [-0.2, 0) is 0 Å². The molecule has 1 aromatic heterocycles. The number of phenolic OH excluding ortho intramolecular Hbond substituents is 1. The molecule has 7 nitrogen and oxygen atoms in total. The fourth-order valence-corrected chi connectivity index (χ4v) is 2.92. The standard InChI is InChI=1S/C20H15N3O4/c1-27-13-6-7-16-14(10-13)18(20(26)21-16)22-23-19(25)15-8-11-4-2-3-5-12(11)9-17(15)24/h2-10,21,24,26H,1H3. The number of aromatic nitrogens is 1. The SMILES string of the molecule is COc1ccc2[nH]c(O)c(N=NC(=O)c3cc4ccccc4cc3O)c2c1. The summed E-state index contributed by atoms with van der Waals surface area (Å²) in [6.07, 6.45) is 0. The van der Waals surface area contributed by atoms with Crippen LogP contribution in [0.25, 0.3) is 21.7 Å².